The number of aromatic carboxylic acids is 1. The second-order valence-corrected chi connectivity index (χ2v) is 8.08. The Kier molecular flexibility index (Phi) is 6.59. The quantitative estimate of drug-likeness (QED) is 0.307. The maximum atomic E-state index is 13.5. The van der Waals surface area contributed by atoms with Crippen LogP contribution >= 0.6 is 0 Å². The van der Waals surface area contributed by atoms with Crippen LogP contribution in [-0.2, 0) is 6.54 Å². The summed E-state index contributed by atoms with van der Waals surface area (Å²) in [4.78, 5) is 56.5. The number of hydrogen-bond acceptors (Lipinski definition) is 6. The molecule has 0 fully saturated rings. The van der Waals surface area contributed by atoms with E-state index in [1.807, 2.05) is 0 Å². The third-order valence-electron chi connectivity index (χ3n) is 5.49. The fraction of sp³-hybridized carbons (Fsp3) is 0.167. The van der Waals surface area contributed by atoms with E-state index in [1.54, 1.807) is 32.0 Å². The molecule has 0 saturated heterocycles. The molecule has 0 radical (unpaired) electrons. The second kappa shape index (κ2) is 9.78. The van der Waals surface area contributed by atoms with E-state index in [-0.39, 0.29) is 35.1 Å². The minimum Gasteiger partial charge on any atom is -0.478 e. The van der Waals surface area contributed by atoms with E-state index in [4.69, 9.17) is 5.11 Å². The molecule has 4 aromatic rings. The monoisotopic (exact) mass is 492 g/mol. The number of carbonyl (C=O) groups excluding carboxylic acids is 2. The molecule has 2 aromatic heterocycles. The number of halogens is 1. The highest BCUT2D eigenvalue weighted by Crippen LogP contribution is 2.15. The molecule has 184 valence electrons. The van der Waals surface area contributed by atoms with Gasteiger partial charge in [0.05, 0.1) is 11.6 Å². The molecule has 11 nitrogen and oxygen atoms in total. The van der Waals surface area contributed by atoms with Gasteiger partial charge in [-0.1, -0.05) is 24.3 Å². The van der Waals surface area contributed by atoms with E-state index >= 15 is 0 Å². The summed E-state index contributed by atoms with van der Waals surface area (Å²) in [6.45, 7) is 3.39. The summed E-state index contributed by atoms with van der Waals surface area (Å²) in [6, 6.07) is 11.1. The summed E-state index contributed by atoms with van der Waals surface area (Å²) in [5.41, 5.74) is 0.854. The Bertz CT molecular complexity index is 1540. The zero-order chi connectivity index (χ0) is 26.0. The molecule has 36 heavy (non-hydrogen) atoms. The summed E-state index contributed by atoms with van der Waals surface area (Å²) < 4.78 is 14.6. The molecular formula is C24H21FN6O5. The third-order valence-corrected chi connectivity index (χ3v) is 5.49. The second-order valence-electron chi connectivity index (χ2n) is 8.08. The molecule has 0 aliphatic rings. The Labute approximate surface area is 203 Å². The number of benzene rings is 2. The van der Waals surface area contributed by atoms with Crippen molar-refractivity contribution in [2.24, 2.45) is 0 Å². The first-order valence-corrected chi connectivity index (χ1v) is 10.8. The van der Waals surface area contributed by atoms with Crippen molar-refractivity contribution in [1.82, 2.24) is 30.2 Å². The number of amides is 2. The number of nitrogens with zero attached hydrogens (tertiary/aromatic N) is 3. The van der Waals surface area contributed by atoms with Gasteiger partial charge in [0.2, 0.25) is 0 Å². The number of carboxylic acids is 1. The number of aryl methyl sites for hydroxylation is 1. The first kappa shape index (κ1) is 24.3. The Morgan fingerprint density at radius 1 is 1.08 bits per heavy atom. The average Bonchev–Trinajstić information content (AvgIpc) is 3.23. The maximum absolute atomic E-state index is 13.5. The van der Waals surface area contributed by atoms with Gasteiger partial charge in [0.15, 0.2) is 0 Å². The van der Waals surface area contributed by atoms with Gasteiger partial charge >= 0.3 is 11.7 Å². The Balaban J connectivity index is 1.57. The molecule has 0 unspecified atom stereocenters. The number of fused-ring (bicyclic) bond motifs is 1. The number of carbonyl (C=O) groups is 3. The normalized spacial score (nSPS) is 11.8. The lowest BCUT2D eigenvalue weighted by atomic mass is 10.1. The number of H-pyrrole nitrogens is 1. The Morgan fingerprint density at radius 2 is 1.81 bits per heavy atom. The summed E-state index contributed by atoms with van der Waals surface area (Å²) >= 11 is 0. The van der Waals surface area contributed by atoms with E-state index in [0.717, 1.165) is 4.52 Å². The molecule has 0 spiro atoms. The first-order chi connectivity index (χ1) is 17.1. The molecule has 0 bridgehead atoms. The van der Waals surface area contributed by atoms with E-state index in [2.05, 4.69) is 25.7 Å². The molecule has 0 aliphatic heterocycles. The van der Waals surface area contributed by atoms with E-state index in [9.17, 15) is 23.6 Å². The molecule has 2 heterocycles. The van der Waals surface area contributed by atoms with Gasteiger partial charge in [-0.05, 0) is 48.7 Å². The maximum Gasteiger partial charge on any atom is 0.363 e. The predicted molar refractivity (Wildman–Crippen MR) is 125 cm³/mol. The van der Waals surface area contributed by atoms with Crippen LogP contribution in [0.4, 0.5) is 4.39 Å². The van der Waals surface area contributed by atoms with Crippen LogP contribution in [0.15, 0.2) is 53.3 Å². The van der Waals surface area contributed by atoms with Crippen molar-refractivity contribution in [3.8, 4) is 0 Å². The van der Waals surface area contributed by atoms with Gasteiger partial charge in [0, 0.05) is 12.6 Å². The van der Waals surface area contributed by atoms with Crippen LogP contribution in [0.3, 0.4) is 0 Å². The van der Waals surface area contributed by atoms with Crippen LogP contribution in [-0.4, -0.2) is 42.5 Å². The van der Waals surface area contributed by atoms with Crippen molar-refractivity contribution in [3.63, 3.8) is 0 Å². The highest BCUT2D eigenvalue weighted by atomic mass is 19.1. The standard InChI is InChI=1S/C24H21FN6O5/c1-12-9-14(3-8-17(12)25)11-26-20(32)18-10-19(31-23(28-18)29-24(36)30-31)21(33)27-13(2)15-4-6-16(7-5-15)22(34)35/h3-10,13H,11H2,1-2H3,(H,26,32)(H,27,33)(H,30,36)(H,34,35)/t13-/m1/s1. The van der Waals surface area contributed by atoms with E-state index in [0.29, 0.717) is 16.7 Å². The van der Waals surface area contributed by atoms with Gasteiger partial charge in [0.1, 0.15) is 17.2 Å². The van der Waals surface area contributed by atoms with E-state index in [1.165, 1.54) is 30.3 Å². The van der Waals surface area contributed by atoms with Crippen molar-refractivity contribution >= 4 is 23.6 Å². The van der Waals surface area contributed by atoms with Gasteiger partial charge in [-0.3, -0.25) is 9.59 Å². The zero-order valence-electron chi connectivity index (χ0n) is 19.2. The summed E-state index contributed by atoms with van der Waals surface area (Å²) in [5.74, 6) is -2.85. The molecule has 1 atom stereocenters. The third kappa shape index (κ3) is 5.12. The highest BCUT2D eigenvalue weighted by Gasteiger charge is 2.20. The Morgan fingerprint density at radius 3 is 2.47 bits per heavy atom. The molecule has 4 rings (SSSR count). The number of carboxylic acid groups (broad SMARTS) is 1. The summed E-state index contributed by atoms with van der Waals surface area (Å²) in [7, 11) is 0. The fourth-order valence-corrected chi connectivity index (χ4v) is 3.53. The lowest BCUT2D eigenvalue weighted by molar-refractivity contribution is 0.0696. The number of aromatic nitrogens is 4. The topological polar surface area (TPSA) is 159 Å². The van der Waals surface area contributed by atoms with E-state index < -0.39 is 29.5 Å². The van der Waals surface area contributed by atoms with Gasteiger partial charge in [-0.25, -0.2) is 28.6 Å². The van der Waals surface area contributed by atoms with Gasteiger partial charge in [0.25, 0.3) is 17.6 Å². The van der Waals surface area contributed by atoms with Crippen molar-refractivity contribution in [2.45, 2.75) is 26.4 Å². The smallest absolute Gasteiger partial charge is 0.363 e. The van der Waals surface area contributed by atoms with Crippen LogP contribution < -0.4 is 16.3 Å². The molecular weight excluding hydrogens is 471 g/mol. The van der Waals surface area contributed by atoms with Crippen LogP contribution in [0.5, 0.6) is 0 Å². The van der Waals surface area contributed by atoms with Crippen LogP contribution in [0.1, 0.15) is 61.0 Å². The SMILES string of the molecule is Cc1cc(CNC(=O)c2cc(C(=O)N[C@H](C)c3ccc(C(=O)O)cc3)n3[nH]c(=O)nc3n2)ccc1F. The van der Waals surface area contributed by atoms with Crippen molar-refractivity contribution in [1.29, 1.82) is 0 Å². The number of rotatable bonds is 7. The lowest BCUT2D eigenvalue weighted by Crippen LogP contribution is -2.30. The van der Waals surface area contributed by atoms with Crippen molar-refractivity contribution in [2.75, 3.05) is 0 Å². The van der Waals surface area contributed by atoms with Crippen molar-refractivity contribution in [3.05, 3.63) is 98.5 Å². The molecule has 12 heteroatoms. The van der Waals surface area contributed by atoms with Crippen molar-refractivity contribution < 1.29 is 23.9 Å². The highest BCUT2D eigenvalue weighted by molar-refractivity contribution is 5.98. The number of nitrogens with one attached hydrogen (secondary N) is 3. The van der Waals surface area contributed by atoms with Crippen LogP contribution in [0, 0.1) is 12.7 Å². The Hall–Kier alpha value is -4.87. The van der Waals surface area contributed by atoms with Crippen LogP contribution in [0.25, 0.3) is 5.78 Å². The largest absolute Gasteiger partial charge is 0.478 e. The lowest BCUT2D eigenvalue weighted by Gasteiger charge is -2.15. The molecule has 0 saturated carbocycles. The molecule has 2 amide bonds. The fourth-order valence-electron chi connectivity index (χ4n) is 3.53. The molecule has 0 aliphatic carbocycles. The summed E-state index contributed by atoms with van der Waals surface area (Å²) in [5, 5.41) is 16.8. The average molecular weight is 492 g/mol. The van der Waals surface area contributed by atoms with Gasteiger partial charge in [-0.2, -0.15) is 4.98 Å². The molecule has 4 N–H and O–H groups in total. The zero-order valence-corrected chi connectivity index (χ0v) is 19.2. The van der Waals surface area contributed by atoms with Gasteiger partial charge < -0.3 is 15.7 Å². The predicted octanol–water partition coefficient (Wildman–Crippen LogP) is 1.98. The number of aromatic amines is 1. The first-order valence-electron chi connectivity index (χ1n) is 10.8. The van der Waals surface area contributed by atoms with Crippen LogP contribution in [0.2, 0.25) is 0 Å². The molecule has 2 aromatic carbocycles. The minimum absolute atomic E-state index is 0.0884. The van der Waals surface area contributed by atoms with Gasteiger partial charge in [-0.15, -0.1) is 0 Å². The minimum atomic E-state index is -1.07. The summed E-state index contributed by atoms with van der Waals surface area (Å²) in [6.07, 6.45) is 0. The number of hydrogen-bond donors (Lipinski definition) is 4.